The van der Waals surface area contributed by atoms with E-state index in [9.17, 15) is 13.2 Å². The summed E-state index contributed by atoms with van der Waals surface area (Å²) in [5.41, 5.74) is 5.42. The number of hydrogen-bond acceptors (Lipinski definition) is 5. The molecule has 24 heavy (non-hydrogen) atoms. The Morgan fingerprint density at radius 1 is 1.25 bits per heavy atom. The number of sulfone groups is 1. The fraction of sp³-hybridized carbons (Fsp3) is 0.588. The summed E-state index contributed by atoms with van der Waals surface area (Å²) in [5, 5.41) is 2.80. The van der Waals surface area contributed by atoms with E-state index in [1.165, 1.54) is 7.11 Å². The van der Waals surface area contributed by atoms with Crippen molar-refractivity contribution in [2.75, 3.05) is 26.0 Å². The van der Waals surface area contributed by atoms with Crippen LogP contribution in [0.3, 0.4) is 0 Å². The van der Waals surface area contributed by atoms with Gasteiger partial charge in [0.25, 0.3) is 0 Å². The van der Waals surface area contributed by atoms with Crippen molar-refractivity contribution in [2.24, 2.45) is 17.6 Å². The Hall–Kier alpha value is -1.60. The minimum Gasteiger partial charge on any atom is -0.497 e. The normalized spacial score (nSPS) is 21.2. The van der Waals surface area contributed by atoms with E-state index in [0.29, 0.717) is 18.8 Å². The van der Waals surface area contributed by atoms with Crippen LogP contribution >= 0.6 is 0 Å². The fourth-order valence-electron chi connectivity index (χ4n) is 3.24. The summed E-state index contributed by atoms with van der Waals surface area (Å²) in [5.74, 6) is 0.141. The van der Waals surface area contributed by atoms with Crippen molar-refractivity contribution in [1.82, 2.24) is 5.32 Å². The van der Waals surface area contributed by atoms with Crippen molar-refractivity contribution in [3.05, 3.63) is 24.3 Å². The maximum atomic E-state index is 12.7. The Bertz CT molecular complexity index is 643. The van der Waals surface area contributed by atoms with E-state index in [1.807, 2.05) is 0 Å². The summed E-state index contributed by atoms with van der Waals surface area (Å²) in [4.78, 5) is 12.6. The molecule has 2 atom stereocenters. The average Bonchev–Trinajstić information content (AvgIpc) is 2.60. The van der Waals surface area contributed by atoms with Gasteiger partial charge >= 0.3 is 0 Å². The summed E-state index contributed by atoms with van der Waals surface area (Å²) in [7, 11) is -1.89. The van der Waals surface area contributed by atoms with Crippen LogP contribution < -0.4 is 15.8 Å². The van der Waals surface area contributed by atoms with Crippen molar-refractivity contribution in [3.63, 3.8) is 0 Å². The molecule has 134 valence electrons. The van der Waals surface area contributed by atoms with E-state index in [0.717, 1.165) is 25.7 Å². The zero-order valence-electron chi connectivity index (χ0n) is 14.0. The van der Waals surface area contributed by atoms with E-state index in [1.54, 1.807) is 24.3 Å². The highest BCUT2D eigenvalue weighted by molar-refractivity contribution is 7.91. The lowest BCUT2D eigenvalue weighted by atomic mass is 9.80. The molecule has 0 spiro atoms. The van der Waals surface area contributed by atoms with Gasteiger partial charge in [0.15, 0.2) is 9.84 Å². The van der Waals surface area contributed by atoms with Gasteiger partial charge in [0, 0.05) is 19.0 Å². The molecule has 7 heteroatoms. The molecule has 0 heterocycles. The average molecular weight is 354 g/mol. The van der Waals surface area contributed by atoms with Gasteiger partial charge in [0.05, 0.1) is 17.8 Å². The van der Waals surface area contributed by atoms with Gasteiger partial charge in [-0.3, -0.25) is 4.79 Å². The molecule has 2 rings (SSSR count). The van der Waals surface area contributed by atoms with E-state index >= 15 is 0 Å². The highest BCUT2D eigenvalue weighted by Crippen LogP contribution is 2.33. The summed E-state index contributed by atoms with van der Waals surface area (Å²) in [6.45, 7) is 0.806. The maximum absolute atomic E-state index is 12.7. The number of rotatable bonds is 7. The predicted molar refractivity (Wildman–Crippen MR) is 92.6 cm³/mol. The van der Waals surface area contributed by atoms with Gasteiger partial charge < -0.3 is 15.8 Å². The topological polar surface area (TPSA) is 98.5 Å². The second kappa shape index (κ2) is 8.48. The lowest BCUT2D eigenvalue weighted by Gasteiger charge is -2.30. The van der Waals surface area contributed by atoms with Crippen molar-refractivity contribution in [1.29, 1.82) is 0 Å². The quantitative estimate of drug-likeness (QED) is 0.770. The summed E-state index contributed by atoms with van der Waals surface area (Å²) < 4.78 is 30.4. The molecular weight excluding hydrogens is 328 g/mol. The van der Waals surface area contributed by atoms with Gasteiger partial charge in [-0.1, -0.05) is 12.8 Å². The number of amides is 1. The monoisotopic (exact) mass is 354 g/mol. The molecule has 1 aromatic rings. The molecule has 6 nitrogen and oxygen atoms in total. The number of carbonyl (C=O) groups is 1. The number of carbonyl (C=O) groups excluding carboxylic acids is 1. The van der Waals surface area contributed by atoms with Crippen LogP contribution in [0.5, 0.6) is 5.75 Å². The van der Waals surface area contributed by atoms with Crippen LogP contribution in [-0.4, -0.2) is 40.3 Å². The Morgan fingerprint density at radius 3 is 2.54 bits per heavy atom. The number of hydrogen-bond donors (Lipinski definition) is 2. The van der Waals surface area contributed by atoms with Crippen molar-refractivity contribution < 1.29 is 17.9 Å². The molecule has 2 unspecified atom stereocenters. The largest absolute Gasteiger partial charge is 0.497 e. The number of nitrogens with one attached hydrogen (secondary N) is 1. The standard InChI is InChI=1S/C17H26N2O4S/c1-23-14-6-8-15(9-7-14)24(21,22)12-13-4-2-3-5-16(13)17(20)19-11-10-18/h6-9,13,16H,2-5,10-12,18H2,1H3,(H,19,20). The third-order valence-electron chi connectivity index (χ3n) is 4.54. The number of nitrogens with two attached hydrogens (primary N) is 1. The van der Waals surface area contributed by atoms with Crippen molar-refractivity contribution >= 4 is 15.7 Å². The minimum atomic E-state index is -3.43. The first kappa shape index (κ1) is 18.7. The van der Waals surface area contributed by atoms with Crippen LogP contribution in [0.2, 0.25) is 0 Å². The third kappa shape index (κ3) is 4.70. The Labute approximate surface area is 143 Å². The highest BCUT2D eigenvalue weighted by atomic mass is 32.2. The first-order valence-electron chi connectivity index (χ1n) is 8.32. The first-order valence-corrected chi connectivity index (χ1v) is 9.97. The summed E-state index contributed by atoms with van der Waals surface area (Å²) in [6, 6.07) is 6.39. The molecule has 0 aromatic heterocycles. The van der Waals surface area contributed by atoms with Gasteiger partial charge in [-0.2, -0.15) is 0 Å². The lowest BCUT2D eigenvalue weighted by Crippen LogP contribution is -2.40. The van der Waals surface area contributed by atoms with Crippen LogP contribution in [0.4, 0.5) is 0 Å². The number of methoxy groups -OCH3 is 1. The van der Waals surface area contributed by atoms with Crippen molar-refractivity contribution in [3.8, 4) is 5.75 Å². The number of ether oxygens (including phenoxy) is 1. The molecule has 1 aromatic carbocycles. The van der Waals surface area contributed by atoms with Gasteiger partial charge in [-0.05, 0) is 43.0 Å². The third-order valence-corrected chi connectivity index (χ3v) is 6.40. The van der Waals surface area contributed by atoms with E-state index in [4.69, 9.17) is 10.5 Å². The molecule has 1 amide bonds. The van der Waals surface area contributed by atoms with Crippen LogP contribution in [0.25, 0.3) is 0 Å². The van der Waals surface area contributed by atoms with E-state index in [-0.39, 0.29) is 28.4 Å². The van der Waals surface area contributed by atoms with Gasteiger partial charge in [-0.15, -0.1) is 0 Å². The predicted octanol–water partition coefficient (Wildman–Crippen LogP) is 1.35. The second-order valence-corrected chi connectivity index (χ2v) is 8.22. The highest BCUT2D eigenvalue weighted by Gasteiger charge is 2.34. The molecule has 1 aliphatic rings. The van der Waals surface area contributed by atoms with Gasteiger partial charge in [0.1, 0.15) is 5.75 Å². The lowest BCUT2D eigenvalue weighted by molar-refractivity contribution is -0.127. The molecular formula is C17H26N2O4S. The second-order valence-electron chi connectivity index (χ2n) is 6.19. The SMILES string of the molecule is COc1ccc(S(=O)(=O)CC2CCCCC2C(=O)NCCN)cc1. The first-order chi connectivity index (χ1) is 11.5. The summed E-state index contributed by atoms with van der Waals surface area (Å²) in [6.07, 6.45) is 3.42. The Morgan fingerprint density at radius 2 is 1.92 bits per heavy atom. The van der Waals surface area contributed by atoms with E-state index in [2.05, 4.69) is 5.32 Å². The minimum absolute atomic E-state index is 0.0000402. The molecule has 1 fully saturated rings. The number of benzene rings is 1. The molecule has 1 aliphatic carbocycles. The fourth-order valence-corrected chi connectivity index (χ4v) is 4.95. The van der Waals surface area contributed by atoms with Crippen LogP contribution in [0.15, 0.2) is 29.2 Å². The molecule has 0 bridgehead atoms. The smallest absolute Gasteiger partial charge is 0.223 e. The Kier molecular flexibility index (Phi) is 6.62. The molecule has 0 aliphatic heterocycles. The maximum Gasteiger partial charge on any atom is 0.223 e. The van der Waals surface area contributed by atoms with Gasteiger partial charge in [-0.25, -0.2) is 8.42 Å². The summed E-state index contributed by atoms with van der Waals surface area (Å²) >= 11 is 0. The molecule has 3 N–H and O–H groups in total. The van der Waals surface area contributed by atoms with Crippen LogP contribution in [0, 0.1) is 11.8 Å². The van der Waals surface area contributed by atoms with Crippen LogP contribution in [0.1, 0.15) is 25.7 Å². The molecule has 1 saturated carbocycles. The van der Waals surface area contributed by atoms with E-state index < -0.39 is 9.84 Å². The molecule has 0 radical (unpaired) electrons. The zero-order valence-corrected chi connectivity index (χ0v) is 14.8. The zero-order chi connectivity index (χ0) is 17.6. The Balaban J connectivity index is 2.11. The van der Waals surface area contributed by atoms with Crippen LogP contribution in [-0.2, 0) is 14.6 Å². The van der Waals surface area contributed by atoms with Crippen molar-refractivity contribution in [2.45, 2.75) is 30.6 Å². The van der Waals surface area contributed by atoms with Gasteiger partial charge in [0.2, 0.25) is 5.91 Å². The molecule has 0 saturated heterocycles.